The molecule has 1 aromatic rings. The number of hydrogen-bond acceptors (Lipinski definition) is 7. The van der Waals surface area contributed by atoms with Crippen LogP contribution in [-0.2, 0) is 0 Å². The van der Waals surface area contributed by atoms with E-state index in [2.05, 4.69) is 5.32 Å². The molecule has 1 aromatic carbocycles. The summed E-state index contributed by atoms with van der Waals surface area (Å²) in [4.78, 5) is 12.4. The van der Waals surface area contributed by atoms with Crippen molar-refractivity contribution < 1.29 is 34.7 Å². The summed E-state index contributed by atoms with van der Waals surface area (Å²) in [5.74, 6) is -1.05. The van der Waals surface area contributed by atoms with Gasteiger partial charge < -0.3 is 35.2 Å². The molecule has 132 valence electrons. The van der Waals surface area contributed by atoms with E-state index < -0.39 is 36.2 Å². The first-order valence-corrected chi connectivity index (χ1v) is 7.82. The van der Waals surface area contributed by atoms with Crippen LogP contribution in [0.3, 0.4) is 0 Å². The summed E-state index contributed by atoms with van der Waals surface area (Å²) in [7, 11) is 1.42. The van der Waals surface area contributed by atoms with Crippen molar-refractivity contribution in [3.63, 3.8) is 0 Å². The highest BCUT2D eigenvalue weighted by molar-refractivity contribution is 6.01. The van der Waals surface area contributed by atoms with Gasteiger partial charge in [-0.2, -0.15) is 0 Å². The number of rotatable bonds is 3. The topological polar surface area (TPSA) is 128 Å². The molecule has 1 heterocycles. The number of carbonyl (C=O) groups excluding carboxylic acids is 1. The van der Waals surface area contributed by atoms with Crippen molar-refractivity contribution in [2.75, 3.05) is 13.7 Å². The fourth-order valence-electron chi connectivity index (χ4n) is 3.57. The molecule has 0 radical (unpaired) electrons. The van der Waals surface area contributed by atoms with Crippen LogP contribution in [0.5, 0.6) is 17.2 Å². The van der Waals surface area contributed by atoms with Crippen molar-refractivity contribution >= 4 is 5.91 Å². The van der Waals surface area contributed by atoms with Crippen molar-refractivity contribution in [3.8, 4) is 17.2 Å². The number of aliphatic hydroxyl groups is 3. The molecule has 5 atom stereocenters. The maximum atomic E-state index is 12.4. The lowest BCUT2D eigenvalue weighted by Gasteiger charge is -2.44. The zero-order valence-corrected chi connectivity index (χ0v) is 13.4. The van der Waals surface area contributed by atoms with Gasteiger partial charge in [0.15, 0.2) is 11.5 Å². The second-order valence-corrected chi connectivity index (χ2v) is 6.04. The Labute approximate surface area is 138 Å². The standard InChI is InChI=1S/C16H21NO7/c1-3-24-15-9(23-2)5-6-7-4-8(18)12(19)14(21)11(7)17-16(22)10(6)13(15)20/h5,7-8,11-12,14,18-21H,3-4H2,1-2H3,(H,17,22). The van der Waals surface area contributed by atoms with Crippen molar-refractivity contribution in [2.24, 2.45) is 0 Å². The number of nitrogens with one attached hydrogen (secondary N) is 1. The predicted molar refractivity (Wildman–Crippen MR) is 82.5 cm³/mol. The summed E-state index contributed by atoms with van der Waals surface area (Å²) in [6, 6.07) is 0.818. The van der Waals surface area contributed by atoms with E-state index in [-0.39, 0.29) is 35.8 Å². The SMILES string of the molecule is CCOc1c(OC)cc2c(c1O)C(=O)NC1C2CC(O)C(O)C1O. The molecule has 0 bridgehead atoms. The van der Waals surface area contributed by atoms with Crippen LogP contribution in [0.15, 0.2) is 6.07 Å². The van der Waals surface area contributed by atoms with Gasteiger partial charge in [-0.05, 0) is 25.0 Å². The predicted octanol–water partition coefficient (Wildman–Crippen LogP) is -0.519. The zero-order valence-electron chi connectivity index (χ0n) is 13.4. The third kappa shape index (κ3) is 2.38. The first-order chi connectivity index (χ1) is 11.4. The van der Waals surface area contributed by atoms with Gasteiger partial charge in [-0.1, -0.05) is 0 Å². The van der Waals surface area contributed by atoms with Gasteiger partial charge in [0.25, 0.3) is 5.91 Å². The molecular formula is C16H21NO7. The van der Waals surface area contributed by atoms with Gasteiger partial charge in [0.2, 0.25) is 5.75 Å². The fraction of sp³-hybridized carbons (Fsp3) is 0.562. The number of aromatic hydroxyl groups is 1. The zero-order chi connectivity index (χ0) is 17.6. The van der Waals surface area contributed by atoms with Crippen molar-refractivity contribution in [2.45, 2.75) is 43.6 Å². The Morgan fingerprint density at radius 1 is 1.29 bits per heavy atom. The number of ether oxygens (including phenoxy) is 2. The quantitative estimate of drug-likeness (QED) is 0.501. The van der Waals surface area contributed by atoms with Crippen molar-refractivity contribution in [1.29, 1.82) is 0 Å². The highest BCUT2D eigenvalue weighted by Crippen LogP contribution is 2.48. The van der Waals surface area contributed by atoms with Crippen LogP contribution in [0, 0.1) is 0 Å². The highest BCUT2D eigenvalue weighted by Gasteiger charge is 2.48. The molecule has 1 amide bonds. The lowest BCUT2D eigenvalue weighted by Crippen LogP contribution is -2.61. The van der Waals surface area contributed by atoms with E-state index in [1.165, 1.54) is 7.11 Å². The third-order valence-corrected chi connectivity index (χ3v) is 4.72. The molecule has 1 fully saturated rings. The second kappa shape index (κ2) is 6.12. The molecule has 8 nitrogen and oxygen atoms in total. The van der Waals surface area contributed by atoms with E-state index >= 15 is 0 Å². The van der Waals surface area contributed by atoms with E-state index in [9.17, 15) is 25.2 Å². The Bertz CT molecular complexity index is 662. The van der Waals surface area contributed by atoms with Gasteiger partial charge in [0.05, 0.1) is 31.4 Å². The largest absolute Gasteiger partial charge is 0.504 e. The second-order valence-electron chi connectivity index (χ2n) is 6.04. The molecule has 24 heavy (non-hydrogen) atoms. The van der Waals surface area contributed by atoms with Gasteiger partial charge >= 0.3 is 0 Å². The Hall–Kier alpha value is -2.03. The summed E-state index contributed by atoms with van der Waals surface area (Å²) in [5.41, 5.74) is 0.489. The van der Waals surface area contributed by atoms with Crippen LogP contribution in [0.2, 0.25) is 0 Å². The smallest absolute Gasteiger partial charge is 0.255 e. The monoisotopic (exact) mass is 339 g/mol. The maximum absolute atomic E-state index is 12.4. The van der Waals surface area contributed by atoms with Crippen LogP contribution in [-0.4, -0.2) is 64.4 Å². The first-order valence-electron chi connectivity index (χ1n) is 7.82. The average molecular weight is 339 g/mol. The van der Waals surface area contributed by atoms with Crippen molar-refractivity contribution in [3.05, 3.63) is 17.2 Å². The van der Waals surface area contributed by atoms with E-state index in [0.717, 1.165) is 0 Å². The minimum absolute atomic E-state index is 0.0382. The molecule has 3 rings (SSSR count). The molecule has 5 N–H and O–H groups in total. The molecule has 0 saturated heterocycles. The maximum Gasteiger partial charge on any atom is 0.255 e. The minimum Gasteiger partial charge on any atom is -0.504 e. The summed E-state index contributed by atoms with van der Waals surface area (Å²) in [6.45, 7) is 2.02. The van der Waals surface area contributed by atoms with Gasteiger partial charge in [-0.25, -0.2) is 0 Å². The van der Waals surface area contributed by atoms with Gasteiger partial charge in [0.1, 0.15) is 12.2 Å². The molecule has 8 heteroatoms. The number of amides is 1. The number of carbonyl (C=O) groups is 1. The van der Waals surface area contributed by atoms with Crippen LogP contribution in [0.25, 0.3) is 0 Å². The van der Waals surface area contributed by atoms with Gasteiger partial charge in [-0.15, -0.1) is 0 Å². The Kier molecular flexibility index (Phi) is 4.29. The Morgan fingerprint density at radius 2 is 2.00 bits per heavy atom. The average Bonchev–Trinajstić information content (AvgIpc) is 2.56. The van der Waals surface area contributed by atoms with E-state index in [0.29, 0.717) is 5.56 Å². The van der Waals surface area contributed by atoms with Crippen LogP contribution < -0.4 is 14.8 Å². The minimum atomic E-state index is -1.34. The number of methoxy groups -OCH3 is 1. The van der Waals surface area contributed by atoms with Gasteiger partial charge in [0, 0.05) is 5.92 Å². The molecule has 1 aliphatic carbocycles. The molecule has 0 spiro atoms. The van der Waals surface area contributed by atoms with Crippen molar-refractivity contribution in [1.82, 2.24) is 5.32 Å². The highest BCUT2D eigenvalue weighted by atomic mass is 16.5. The molecular weight excluding hydrogens is 318 g/mol. The summed E-state index contributed by atoms with van der Waals surface area (Å²) in [5, 5.41) is 43.1. The lowest BCUT2D eigenvalue weighted by molar-refractivity contribution is -0.104. The number of fused-ring (bicyclic) bond motifs is 3. The van der Waals surface area contributed by atoms with Crippen LogP contribution in [0.4, 0.5) is 0 Å². The van der Waals surface area contributed by atoms with Crippen LogP contribution >= 0.6 is 0 Å². The lowest BCUT2D eigenvalue weighted by atomic mass is 9.72. The summed E-state index contributed by atoms with van der Waals surface area (Å²) < 4.78 is 10.6. The number of phenols is 1. The number of aliphatic hydroxyl groups excluding tert-OH is 3. The first kappa shape index (κ1) is 16.8. The molecule has 2 aliphatic rings. The number of hydrogen-bond donors (Lipinski definition) is 5. The fourth-order valence-corrected chi connectivity index (χ4v) is 3.57. The normalized spacial score (nSPS) is 31.7. The number of phenolic OH excluding ortho intramolecular Hbond substituents is 1. The molecule has 1 saturated carbocycles. The van der Waals surface area contributed by atoms with Crippen LogP contribution in [0.1, 0.15) is 35.2 Å². The van der Waals surface area contributed by atoms with E-state index in [1.807, 2.05) is 0 Å². The number of benzene rings is 1. The Balaban J connectivity index is 2.15. The van der Waals surface area contributed by atoms with E-state index in [4.69, 9.17) is 9.47 Å². The van der Waals surface area contributed by atoms with Gasteiger partial charge in [-0.3, -0.25) is 4.79 Å². The molecule has 5 unspecified atom stereocenters. The molecule has 1 aliphatic heterocycles. The summed E-state index contributed by atoms with van der Waals surface area (Å²) >= 11 is 0. The Morgan fingerprint density at radius 3 is 2.62 bits per heavy atom. The third-order valence-electron chi connectivity index (χ3n) is 4.72. The summed E-state index contributed by atoms with van der Waals surface area (Å²) in [6.07, 6.45) is -3.65. The van der Waals surface area contributed by atoms with E-state index in [1.54, 1.807) is 13.0 Å². The molecule has 0 aromatic heterocycles.